The van der Waals surface area contributed by atoms with Crippen molar-refractivity contribution in [3.05, 3.63) is 0 Å². The van der Waals surface area contributed by atoms with Gasteiger partial charge in [-0.25, -0.2) is 0 Å². The fourth-order valence-electron chi connectivity index (χ4n) is 1.29. The first-order chi connectivity index (χ1) is 6.81. The van der Waals surface area contributed by atoms with Gasteiger partial charge in [0, 0.05) is 18.8 Å². The summed E-state index contributed by atoms with van der Waals surface area (Å²) < 4.78 is 0. The molecule has 0 nitrogen and oxygen atoms in total. The van der Waals surface area contributed by atoms with Crippen LogP contribution in [0.1, 0.15) is 58.8 Å². The monoisotopic (exact) mass is 190 g/mol. The predicted molar refractivity (Wildman–Crippen MR) is 63.8 cm³/mol. The minimum absolute atomic E-state index is 0.518. The first-order valence-electron chi connectivity index (χ1n) is 5.73. The maximum absolute atomic E-state index is 5.18. The molecular formula is C14H22. The number of unbranched alkanes of at least 4 members (excludes halogenated alkanes) is 4. The average Bonchev–Trinajstić information content (AvgIpc) is 2.18. The van der Waals surface area contributed by atoms with Crippen molar-refractivity contribution in [3.8, 4) is 24.2 Å². The van der Waals surface area contributed by atoms with Crippen molar-refractivity contribution >= 4 is 0 Å². The molecule has 0 bridgehead atoms. The molecule has 0 heterocycles. The molecule has 0 aliphatic heterocycles. The van der Waals surface area contributed by atoms with Gasteiger partial charge < -0.3 is 0 Å². The zero-order valence-electron chi connectivity index (χ0n) is 9.60. The molecule has 0 spiro atoms. The van der Waals surface area contributed by atoms with E-state index in [1.54, 1.807) is 0 Å². The minimum atomic E-state index is 0.518. The predicted octanol–water partition coefficient (Wildman–Crippen LogP) is 4.01. The largest absolute Gasteiger partial charge is 0.120 e. The smallest absolute Gasteiger partial charge is 0.0174 e. The summed E-state index contributed by atoms with van der Waals surface area (Å²) >= 11 is 0. The van der Waals surface area contributed by atoms with Crippen molar-refractivity contribution in [3.63, 3.8) is 0 Å². The highest BCUT2D eigenvalue weighted by atomic mass is 14.0. The molecule has 78 valence electrons. The summed E-state index contributed by atoms with van der Waals surface area (Å²) in [4.78, 5) is 0. The lowest BCUT2D eigenvalue weighted by molar-refractivity contribution is 0.632. The number of terminal acetylenes is 1. The van der Waals surface area contributed by atoms with Gasteiger partial charge in [0.15, 0.2) is 0 Å². The van der Waals surface area contributed by atoms with Gasteiger partial charge in [-0.1, -0.05) is 26.7 Å². The second-order valence-corrected chi connectivity index (χ2v) is 3.78. The van der Waals surface area contributed by atoms with Crippen molar-refractivity contribution in [2.75, 3.05) is 0 Å². The van der Waals surface area contributed by atoms with E-state index in [0.717, 1.165) is 25.7 Å². The quantitative estimate of drug-likeness (QED) is 0.438. The number of hydrogen-bond acceptors (Lipinski definition) is 0. The molecule has 0 rings (SSSR count). The van der Waals surface area contributed by atoms with Gasteiger partial charge in [-0.3, -0.25) is 0 Å². The Morgan fingerprint density at radius 2 is 1.93 bits per heavy atom. The Balaban J connectivity index is 3.40. The second kappa shape index (κ2) is 10.2. The normalized spacial score (nSPS) is 11.2. The Labute approximate surface area is 89.5 Å². The van der Waals surface area contributed by atoms with Crippen LogP contribution < -0.4 is 0 Å². The van der Waals surface area contributed by atoms with Gasteiger partial charge in [-0.2, -0.15) is 0 Å². The Morgan fingerprint density at radius 3 is 2.57 bits per heavy atom. The molecule has 0 saturated heterocycles. The topological polar surface area (TPSA) is 0 Å². The summed E-state index contributed by atoms with van der Waals surface area (Å²) in [6.07, 6.45) is 13.2. The standard InChI is InChI=1S/C14H22/c1-4-6-8-9-11-13-14(3)12-10-7-5-2/h2,14H,4,6-10,12H2,1,3H3. The summed E-state index contributed by atoms with van der Waals surface area (Å²) in [6.45, 7) is 4.40. The zero-order chi connectivity index (χ0) is 10.6. The lowest BCUT2D eigenvalue weighted by atomic mass is 10.0. The number of hydrogen-bond donors (Lipinski definition) is 0. The van der Waals surface area contributed by atoms with E-state index in [0.29, 0.717) is 5.92 Å². The van der Waals surface area contributed by atoms with Crippen LogP contribution in [0.3, 0.4) is 0 Å². The van der Waals surface area contributed by atoms with E-state index in [1.807, 2.05) is 0 Å². The van der Waals surface area contributed by atoms with Crippen molar-refractivity contribution in [1.82, 2.24) is 0 Å². The Bertz CT molecular complexity index is 208. The highest BCUT2D eigenvalue weighted by Crippen LogP contribution is 2.06. The molecule has 0 aromatic carbocycles. The van der Waals surface area contributed by atoms with E-state index >= 15 is 0 Å². The molecule has 0 aliphatic rings. The Morgan fingerprint density at radius 1 is 1.14 bits per heavy atom. The van der Waals surface area contributed by atoms with Gasteiger partial charge in [0.1, 0.15) is 0 Å². The molecule has 0 N–H and O–H groups in total. The molecule has 0 heteroatoms. The molecule has 0 amide bonds. The van der Waals surface area contributed by atoms with Gasteiger partial charge in [0.2, 0.25) is 0 Å². The van der Waals surface area contributed by atoms with Crippen LogP contribution in [0.4, 0.5) is 0 Å². The van der Waals surface area contributed by atoms with Crippen molar-refractivity contribution < 1.29 is 0 Å². The van der Waals surface area contributed by atoms with Crippen LogP contribution in [-0.2, 0) is 0 Å². The summed E-state index contributed by atoms with van der Waals surface area (Å²) in [7, 11) is 0. The molecule has 0 fully saturated rings. The highest BCUT2D eigenvalue weighted by molar-refractivity contribution is 5.02. The molecule has 0 saturated carbocycles. The summed E-state index contributed by atoms with van der Waals surface area (Å²) in [6, 6.07) is 0. The third-order valence-corrected chi connectivity index (χ3v) is 2.21. The summed E-state index contributed by atoms with van der Waals surface area (Å²) in [5, 5.41) is 0. The highest BCUT2D eigenvalue weighted by Gasteiger charge is 1.94. The molecule has 0 aromatic heterocycles. The lowest BCUT2D eigenvalue weighted by Gasteiger charge is -2.00. The first kappa shape index (κ1) is 13.1. The lowest BCUT2D eigenvalue weighted by Crippen LogP contribution is -1.89. The van der Waals surface area contributed by atoms with Crippen LogP contribution >= 0.6 is 0 Å². The van der Waals surface area contributed by atoms with Crippen molar-refractivity contribution in [2.45, 2.75) is 58.8 Å². The average molecular weight is 190 g/mol. The van der Waals surface area contributed by atoms with E-state index in [9.17, 15) is 0 Å². The molecule has 0 radical (unpaired) electrons. The molecule has 14 heavy (non-hydrogen) atoms. The number of rotatable bonds is 6. The van der Waals surface area contributed by atoms with Crippen LogP contribution in [0.25, 0.3) is 0 Å². The van der Waals surface area contributed by atoms with Gasteiger partial charge in [0.05, 0.1) is 0 Å². The summed E-state index contributed by atoms with van der Waals surface area (Å²) in [5.74, 6) is 9.70. The second-order valence-electron chi connectivity index (χ2n) is 3.78. The fraction of sp³-hybridized carbons (Fsp3) is 0.714. The molecular weight excluding hydrogens is 168 g/mol. The van der Waals surface area contributed by atoms with E-state index < -0.39 is 0 Å². The van der Waals surface area contributed by atoms with Crippen LogP contribution in [0, 0.1) is 30.1 Å². The van der Waals surface area contributed by atoms with E-state index in [1.165, 1.54) is 19.3 Å². The maximum Gasteiger partial charge on any atom is 0.0174 e. The van der Waals surface area contributed by atoms with Gasteiger partial charge in [-0.15, -0.1) is 24.2 Å². The van der Waals surface area contributed by atoms with Crippen LogP contribution in [0.5, 0.6) is 0 Å². The minimum Gasteiger partial charge on any atom is -0.120 e. The van der Waals surface area contributed by atoms with E-state index in [2.05, 4.69) is 31.6 Å². The molecule has 1 atom stereocenters. The van der Waals surface area contributed by atoms with Gasteiger partial charge in [-0.05, 0) is 19.3 Å². The van der Waals surface area contributed by atoms with Gasteiger partial charge in [0.25, 0.3) is 0 Å². The first-order valence-corrected chi connectivity index (χ1v) is 5.73. The third kappa shape index (κ3) is 9.21. The van der Waals surface area contributed by atoms with E-state index in [4.69, 9.17) is 6.42 Å². The van der Waals surface area contributed by atoms with Crippen molar-refractivity contribution in [2.24, 2.45) is 5.92 Å². The molecule has 0 aromatic rings. The Hall–Kier alpha value is -0.880. The van der Waals surface area contributed by atoms with Gasteiger partial charge >= 0.3 is 0 Å². The van der Waals surface area contributed by atoms with Crippen LogP contribution in [0.15, 0.2) is 0 Å². The van der Waals surface area contributed by atoms with E-state index in [-0.39, 0.29) is 0 Å². The third-order valence-electron chi connectivity index (χ3n) is 2.21. The molecule has 1 unspecified atom stereocenters. The Kier molecular flexibility index (Phi) is 9.56. The fourth-order valence-corrected chi connectivity index (χ4v) is 1.29. The summed E-state index contributed by atoms with van der Waals surface area (Å²) in [5.41, 5.74) is 0. The SMILES string of the molecule is C#CCCCC(C)C#CCCCCC. The molecule has 0 aliphatic carbocycles. The zero-order valence-corrected chi connectivity index (χ0v) is 9.60. The maximum atomic E-state index is 5.18. The van der Waals surface area contributed by atoms with Crippen molar-refractivity contribution in [1.29, 1.82) is 0 Å². The van der Waals surface area contributed by atoms with Crippen LogP contribution in [-0.4, -0.2) is 0 Å². The van der Waals surface area contributed by atoms with Crippen LogP contribution in [0.2, 0.25) is 0 Å².